The van der Waals surface area contributed by atoms with Crippen LogP contribution in [0.15, 0.2) is 121 Å². The Morgan fingerprint density at radius 3 is 0.341 bits per heavy atom. The molecule has 440 valence electrons. The summed E-state index contributed by atoms with van der Waals surface area (Å²) in [5, 5.41) is 11.5. The molecule has 0 spiro atoms. The molecule has 0 saturated carbocycles. The van der Waals surface area contributed by atoms with Crippen LogP contribution < -0.4 is 0 Å². The summed E-state index contributed by atoms with van der Waals surface area (Å²) in [5.41, 5.74) is 22.6. The lowest BCUT2D eigenvalue weighted by molar-refractivity contribution is -0.0689. The normalized spacial score (nSPS) is 15.6. The summed E-state index contributed by atoms with van der Waals surface area (Å²) < 4.78 is 62.9. The zero-order valence-corrected chi connectivity index (χ0v) is 51.2. The van der Waals surface area contributed by atoms with E-state index < -0.39 is 0 Å². The summed E-state index contributed by atoms with van der Waals surface area (Å²) in [6, 6.07) is 44.4. The van der Waals surface area contributed by atoms with Gasteiger partial charge in [-0.15, -0.1) is 0 Å². The third-order valence-corrected chi connectivity index (χ3v) is 16.1. The zero-order chi connectivity index (χ0) is 59.1. The molecule has 0 fully saturated rings. The maximum atomic E-state index is 6.29. The average Bonchev–Trinajstić information content (AvgIpc) is 3.54. The molecule has 0 aliphatic carbocycles. The number of rotatable bonds is 0. The molecule has 1 aliphatic heterocycles. The Kier molecular flexibility index (Phi) is 19.1. The number of hydrogen-bond acceptors (Lipinski definition) is 10. The van der Waals surface area contributed by atoms with Gasteiger partial charge in [-0.25, -0.2) is 0 Å². The molecule has 10 aromatic rings. The maximum absolute atomic E-state index is 6.29. The largest absolute Gasteiger partial charge is 0.351 e. The Morgan fingerprint density at radius 2 is 0.247 bits per heavy atom. The Bertz CT molecular complexity index is 3220. The van der Waals surface area contributed by atoms with Gasteiger partial charge in [0.05, 0.1) is 66.1 Å². The molecular weight excluding hydrogens is 1060 g/mol. The molecule has 1 aliphatic rings. The van der Waals surface area contributed by atoms with Crippen molar-refractivity contribution in [3.05, 3.63) is 233 Å². The van der Waals surface area contributed by atoms with Crippen molar-refractivity contribution in [3.8, 4) is 0 Å². The maximum Gasteiger partial charge on any atom is 0.147 e. The zero-order valence-electron chi connectivity index (χ0n) is 51.2. The average molecular weight is 1140 g/mol. The lowest BCUT2D eigenvalue weighted by atomic mass is 9.96. The Labute approximate surface area is 500 Å². The van der Waals surface area contributed by atoms with Gasteiger partial charge in [-0.3, -0.25) is 0 Å². The molecule has 10 heteroatoms. The van der Waals surface area contributed by atoms with Crippen LogP contribution in [0.5, 0.6) is 0 Å². The van der Waals surface area contributed by atoms with Crippen molar-refractivity contribution in [2.45, 2.75) is 135 Å². The van der Waals surface area contributed by atoms with Gasteiger partial charge in [0.2, 0.25) is 0 Å². The Hall–Kier alpha value is -6.90. The summed E-state index contributed by atoms with van der Waals surface area (Å²) >= 11 is 0. The fourth-order valence-corrected chi connectivity index (χ4v) is 12.7. The fourth-order valence-electron chi connectivity index (χ4n) is 12.7. The number of hydrogen-bond donors (Lipinski definition) is 0. The predicted molar refractivity (Wildman–Crippen MR) is 339 cm³/mol. The molecule has 0 N–H and O–H groups in total. The van der Waals surface area contributed by atoms with Gasteiger partial charge in [-0.05, 0) is 179 Å². The van der Waals surface area contributed by atoms with Crippen molar-refractivity contribution in [3.63, 3.8) is 0 Å². The van der Waals surface area contributed by atoms with Crippen molar-refractivity contribution in [1.29, 1.82) is 0 Å². The molecule has 10 nitrogen and oxygen atoms in total. The van der Waals surface area contributed by atoms with Crippen LogP contribution in [-0.4, -0.2) is 34.0 Å². The minimum Gasteiger partial charge on any atom is -0.351 e. The summed E-state index contributed by atoms with van der Waals surface area (Å²) in [7, 11) is 0. The van der Waals surface area contributed by atoms with Crippen molar-refractivity contribution in [1.82, 2.24) is 0 Å². The van der Waals surface area contributed by atoms with Crippen molar-refractivity contribution >= 4 is 53.9 Å². The second kappa shape index (κ2) is 27.2. The van der Waals surface area contributed by atoms with Crippen LogP contribution in [0.25, 0.3) is 53.9 Å². The molecule has 1 heterocycles. The third kappa shape index (κ3) is 14.5. The molecular formula is C75H80O10. The van der Waals surface area contributed by atoms with Gasteiger partial charge in [0.25, 0.3) is 0 Å². The van der Waals surface area contributed by atoms with Gasteiger partial charge in [-0.2, -0.15) is 0 Å². The monoisotopic (exact) mass is 1140 g/mol. The van der Waals surface area contributed by atoms with E-state index >= 15 is 0 Å². The predicted octanol–water partition coefficient (Wildman–Crippen LogP) is 17.3. The van der Waals surface area contributed by atoms with Crippen LogP contribution in [0.4, 0.5) is 0 Å². The molecule has 0 aromatic heterocycles. The molecule has 0 atom stereocenters. The van der Waals surface area contributed by atoms with Crippen LogP contribution >= 0.6 is 0 Å². The highest BCUT2D eigenvalue weighted by molar-refractivity contribution is 5.93. The first-order valence-corrected chi connectivity index (χ1v) is 29.6. The molecule has 20 bridgehead atoms. The first-order valence-electron chi connectivity index (χ1n) is 29.6. The first kappa shape index (κ1) is 59.8. The molecule has 10 aromatic carbocycles. The summed E-state index contributed by atoms with van der Waals surface area (Å²) in [6.45, 7) is 26.1. The van der Waals surface area contributed by atoms with E-state index in [1.807, 2.05) is 0 Å². The molecule has 85 heavy (non-hydrogen) atoms. The number of ether oxygens (including phenoxy) is 10. The van der Waals surface area contributed by atoms with Gasteiger partial charge < -0.3 is 47.4 Å². The number of aryl methyl sites for hydroxylation is 10. The van der Waals surface area contributed by atoms with Crippen LogP contribution in [0, 0.1) is 69.2 Å². The summed E-state index contributed by atoms with van der Waals surface area (Å²) in [6.07, 6.45) is 0. The van der Waals surface area contributed by atoms with Crippen LogP contribution in [0.1, 0.15) is 111 Å². The van der Waals surface area contributed by atoms with Crippen molar-refractivity contribution in [2.24, 2.45) is 0 Å². The van der Waals surface area contributed by atoms with E-state index in [1.54, 1.807) is 0 Å². The molecule has 11 rings (SSSR count). The van der Waals surface area contributed by atoms with Gasteiger partial charge in [0, 0.05) is 0 Å². The van der Waals surface area contributed by atoms with Crippen molar-refractivity contribution in [2.75, 3.05) is 34.0 Å². The van der Waals surface area contributed by atoms with E-state index in [4.69, 9.17) is 47.4 Å². The van der Waals surface area contributed by atoms with E-state index in [2.05, 4.69) is 191 Å². The minimum absolute atomic E-state index is 0.148. The fraction of sp³-hybridized carbons (Fsp3) is 0.333. The second-order valence-electron chi connectivity index (χ2n) is 23.8. The highest BCUT2D eigenvalue weighted by Gasteiger charge is 2.16. The topological polar surface area (TPSA) is 92.3 Å². The summed E-state index contributed by atoms with van der Waals surface area (Å²) in [4.78, 5) is 0. The molecule has 0 saturated heterocycles. The van der Waals surface area contributed by atoms with E-state index in [9.17, 15) is 0 Å². The van der Waals surface area contributed by atoms with E-state index in [0.29, 0.717) is 66.1 Å². The van der Waals surface area contributed by atoms with Gasteiger partial charge in [0.1, 0.15) is 34.0 Å². The van der Waals surface area contributed by atoms with E-state index in [0.717, 1.165) is 165 Å². The molecule has 0 radical (unpaired) electrons. The van der Waals surface area contributed by atoms with Gasteiger partial charge in [0.15, 0.2) is 0 Å². The highest BCUT2D eigenvalue weighted by Crippen LogP contribution is 2.34. The smallest absolute Gasteiger partial charge is 0.147 e. The van der Waals surface area contributed by atoms with Crippen LogP contribution in [0.3, 0.4) is 0 Å². The third-order valence-electron chi connectivity index (χ3n) is 16.1. The number of benzene rings is 10. The van der Waals surface area contributed by atoms with E-state index in [1.165, 1.54) is 0 Å². The quantitative estimate of drug-likeness (QED) is 0.146. The van der Waals surface area contributed by atoms with Crippen molar-refractivity contribution < 1.29 is 47.4 Å². The lowest BCUT2D eigenvalue weighted by Crippen LogP contribution is -2.05. The Balaban J connectivity index is 0.830. The van der Waals surface area contributed by atoms with Crippen LogP contribution in [0.2, 0.25) is 0 Å². The van der Waals surface area contributed by atoms with Gasteiger partial charge in [-0.1, -0.05) is 177 Å². The lowest BCUT2D eigenvalue weighted by Gasteiger charge is -2.16. The summed E-state index contributed by atoms with van der Waals surface area (Å²) in [5.74, 6) is 0. The second-order valence-corrected chi connectivity index (χ2v) is 23.8. The van der Waals surface area contributed by atoms with E-state index in [-0.39, 0.29) is 34.0 Å². The van der Waals surface area contributed by atoms with Gasteiger partial charge >= 0.3 is 0 Å². The van der Waals surface area contributed by atoms with Crippen LogP contribution in [-0.2, 0) is 113 Å². The first-order chi connectivity index (χ1) is 41.2. The standard InChI is InChI=1S/C75H80O10/c1-46-11-56-31-76-41-78-33-58-13-48(3)24-70-60(15-50(5)23-68(58)70)35-80-43-82-37-62-17-52(7)28-74-64(19-54(9)27-72(62)74)39-84-45-85-40-65-20-55(10)29-73-63(18-53(8)30-75(65)73)38-83-44-81-36-61-16-51(6)25-69-59(14-49(4)26-71(61)69)34-79-42-77-32-57-12-47(2)22-67(56)66(57)21-46/h11-30H,31-45H2,1-10H3. The SMILES string of the molecule is Cc1cc2c3cc(C)cc(c3c1)COCOCc1cc(C)cc3c(cc(C)cc13)COCOCc1cc(C)cc3c(cc(C)cc13)COCOCc1cc(C)cc3c(cc(C)cc13)COCOCc1cc(C)cc3c(cc(C)cc13)COCOC2. The Morgan fingerprint density at radius 1 is 0.153 bits per heavy atom. The molecule has 0 amide bonds. The minimum atomic E-state index is 0.148. The highest BCUT2D eigenvalue weighted by atomic mass is 16.7. The molecule has 0 unspecified atom stereocenters.